The summed E-state index contributed by atoms with van der Waals surface area (Å²) in [7, 11) is 0. The lowest BCUT2D eigenvalue weighted by molar-refractivity contribution is 0.103. The van der Waals surface area contributed by atoms with Gasteiger partial charge < -0.3 is 0 Å². The molecule has 124 valence electrons. The second-order valence-electron chi connectivity index (χ2n) is 6.26. The minimum atomic E-state index is -0.0390. The second kappa shape index (κ2) is 8.61. The van der Waals surface area contributed by atoms with Gasteiger partial charge >= 0.3 is 0 Å². The Hall–Kier alpha value is -1.97. The molecular formula is C19H27N3O. The van der Waals surface area contributed by atoms with Crippen molar-refractivity contribution in [3.63, 3.8) is 0 Å². The largest absolute Gasteiger partial charge is 0.287 e. The highest BCUT2D eigenvalue weighted by molar-refractivity contribution is 6.08. The Morgan fingerprint density at radius 1 is 1.00 bits per heavy atom. The van der Waals surface area contributed by atoms with E-state index in [1.165, 1.54) is 37.7 Å². The molecule has 1 heterocycles. The number of aromatic amines is 1. The zero-order valence-electron chi connectivity index (χ0n) is 14.5. The lowest BCUT2D eigenvalue weighted by Crippen LogP contribution is -2.06. The van der Waals surface area contributed by atoms with Gasteiger partial charge in [-0.25, -0.2) is 0 Å². The molecule has 0 aliphatic carbocycles. The van der Waals surface area contributed by atoms with Gasteiger partial charge in [0.05, 0.1) is 5.69 Å². The number of carbonyl (C=O) groups excluding carboxylic acids is 1. The Morgan fingerprint density at radius 3 is 2.48 bits per heavy atom. The molecule has 0 atom stereocenters. The fourth-order valence-corrected chi connectivity index (χ4v) is 2.70. The number of benzene rings is 1. The van der Waals surface area contributed by atoms with Crippen LogP contribution in [0.5, 0.6) is 0 Å². The van der Waals surface area contributed by atoms with Crippen LogP contribution in [0.1, 0.15) is 78.3 Å². The van der Waals surface area contributed by atoms with Gasteiger partial charge in [-0.2, -0.15) is 15.4 Å². The van der Waals surface area contributed by atoms with Crippen molar-refractivity contribution in [3.8, 4) is 0 Å². The molecule has 1 N–H and O–H groups in total. The van der Waals surface area contributed by atoms with Crippen molar-refractivity contribution in [1.29, 1.82) is 0 Å². The smallest absolute Gasteiger partial charge is 0.215 e. The van der Waals surface area contributed by atoms with Crippen LogP contribution in [0.15, 0.2) is 18.2 Å². The fraction of sp³-hybridized carbons (Fsp3) is 0.526. The third kappa shape index (κ3) is 4.75. The van der Waals surface area contributed by atoms with Gasteiger partial charge in [0.1, 0.15) is 0 Å². The van der Waals surface area contributed by atoms with Crippen LogP contribution in [0.2, 0.25) is 0 Å². The summed E-state index contributed by atoms with van der Waals surface area (Å²) in [4.78, 5) is 12.6. The van der Waals surface area contributed by atoms with Crippen molar-refractivity contribution in [1.82, 2.24) is 15.4 Å². The molecule has 0 spiro atoms. The molecule has 1 aromatic carbocycles. The van der Waals surface area contributed by atoms with Gasteiger partial charge in [-0.3, -0.25) is 4.79 Å². The first-order chi connectivity index (χ1) is 11.1. The third-order valence-electron chi connectivity index (χ3n) is 4.37. The van der Waals surface area contributed by atoms with Crippen LogP contribution in [0, 0.1) is 13.8 Å². The van der Waals surface area contributed by atoms with E-state index in [1.807, 2.05) is 32.0 Å². The minimum Gasteiger partial charge on any atom is -0.287 e. The summed E-state index contributed by atoms with van der Waals surface area (Å²) in [6, 6.07) is 5.78. The van der Waals surface area contributed by atoms with Crippen molar-refractivity contribution >= 4 is 5.78 Å². The summed E-state index contributed by atoms with van der Waals surface area (Å²) in [5.41, 5.74) is 4.27. The summed E-state index contributed by atoms with van der Waals surface area (Å²) in [6.07, 6.45) is 8.18. The number of carbonyl (C=O) groups is 1. The summed E-state index contributed by atoms with van der Waals surface area (Å²) < 4.78 is 0. The highest BCUT2D eigenvalue weighted by Crippen LogP contribution is 2.16. The number of aromatic nitrogens is 3. The van der Waals surface area contributed by atoms with Crippen LogP contribution >= 0.6 is 0 Å². The summed E-state index contributed by atoms with van der Waals surface area (Å²) >= 11 is 0. The van der Waals surface area contributed by atoms with Crippen LogP contribution in [-0.4, -0.2) is 21.2 Å². The maximum absolute atomic E-state index is 12.6. The van der Waals surface area contributed by atoms with E-state index in [1.54, 1.807) is 0 Å². The van der Waals surface area contributed by atoms with Crippen LogP contribution in [0.25, 0.3) is 0 Å². The average molecular weight is 313 g/mol. The Morgan fingerprint density at radius 2 is 1.74 bits per heavy atom. The van der Waals surface area contributed by atoms with E-state index in [-0.39, 0.29) is 5.78 Å². The number of hydrogen-bond acceptors (Lipinski definition) is 3. The van der Waals surface area contributed by atoms with Crippen LogP contribution in [0.3, 0.4) is 0 Å². The highest BCUT2D eigenvalue weighted by Gasteiger charge is 2.18. The second-order valence-corrected chi connectivity index (χ2v) is 6.26. The molecule has 0 radical (unpaired) electrons. The predicted octanol–water partition coefficient (Wildman–Crippen LogP) is 4.56. The Kier molecular flexibility index (Phi) is 6.51. The molecule has 2 aromatic rings. The summed E-state index contributed by atoms with van der Waals surface area (Å²) in [6.45, 7) is 6.29. The van der Waals surface area contributed by atoms with E-state index in [0.29, 0.717) is 11.3 Å². The van der Waals surface area contributed by atoms with Gasteiger partial charge in [-0.1, -0.05) is 51.2 Å². The van der Waals surface area contributed by atoms with E-state index in [4.69, 9.17) is 0 Å². The molecule has 0 saturated carbocycles. The van der Waals surface area contributed by atoms with Crippen LogP contribution < -0.4 is 0 Å². The SMILES string of the molecule is CCCCCCCCc1n[nH]nc1C(=O)c1ccc(C)c(C)c1. The van der Waals surface area contributed by atoms with Crippen molar-refractivity contribution in [2.24, 2.45) is 0 Å². The molecule has 0 fully saturated rings. The zero-order valence-corrected chi connectivity index (χ0v) is 14.5. The molecule has 0 saturated heterocycles. The maximum atomic E-state index is 12.6. The fourth-order valence-electron chi connectivity index (χ4n) is 2.70. The van der Waals surface area contributed by atoms with Gasteiger partial charge in [0.2, 0.25) is 5.78 Å². The van der Waals surface area contributed by atoms with Gasteiger partial charge in [-0.15, -0.1) is 0 Å². The number of hydrogen-bond donors (Lipinski definition) is 1. The molecule has 4 heteroatoms. The average Bonchev–Trinajstić information content (AvgIpc) is 3.01. The summed E-state index contributed by atoms with van der Waals surface area (Å²) in [5, 5.41) is 10.9. The lowest BCUT2D eigenvalue weighted by Gasteiger charge is -2.04. The normalized spacial score (nSPS) is 10.9. The number of unbranched alkanes of at least 4 members (excludes halogenated alkanes) is 5. The first-order valence-electron chi connectivity index (χ1n) is 8.65. The van der Waals surface area contributed by atoms with Gasteiger partial charge in [0, 0.05) is 5.56 Å². The highest BCUT2D eigenvalue weighted by atomic mass is 16.1. The van der Waals surface area contributed by atoms with E-state index in [0.717, 1.165) is 24.1 Å². The van der Waals surface area contributed by atoms with Crippen LogP contribution in [0.4, 0.5) is 0 Å². The molecule has 23 heavy (non-hydrogen) atoms. The number of rotatable bonds is 9. The maximum Gasteiger partial charge on any atom is 0.215 e. The van der Waals surface area contributed by atoms with E-state index in [2.05, 4.69) is 22.3 Å². The quantitative estimate of drug-likeness (QED) is 0.545. The van der Waals surface area contributed by atoms with E-state index < -0.39 is 0 Å². The number of nitrogens with one attached hydrogen (secondary N) is 1. The minimum absolute atomic E-state index is 0.0390. The number of H-pyrrole nitrogens is 1. The monoisotopic (exact) mass is 313 g/mol. The standard InChI is InChI=1S/C19H27N3O/c1-4-5-6-7-8-9-10-17-18(21-22-20-17)19(23)16-12-11-14(2)15(3)13-16/h11-13H,4-10H2,1-3H3,(H,20,21,22). The zero-order chi connectivity index (χ0) is 16.7. The molecule has 0 aliphatic rings. The predicted molar refractivity (Wildman–Crippen MR) is 92.8 cm³/mol. The van der Waals surface area contributed by atoms with Crippen molar-refractivity contribution in [2.45, 2.75) is 65.7 Å². The Balaban J connectivity index is 1.96. The molecule has 4 nitrogen and oxygen atoms in total. The molecule has 2 rings (SSSR count). The topological polar surface area (TPSA) is 58.6 Å². The molecule has 0 bridgehead atoms. The lowest BCUT2D eigenvalue weighted by atomic mass is 10.00. The number of nitrogens with zero attached hydrogens (tertiary/aromatic N) is 2. The van der Waals surface area contributed by atoms with Gasteiger partial charge in [-0.05, 0) is 43.9 Å². The first-order valence-corrected chi connectivity index (χ1v) is 8.65. The van der Waals surface area contributed by atoms with E-state index >= 15 is 0 Å². The molecule has 0 unspecified atom stereocenters. The first kappa shape index (κ1) is 17.4. The summed E-state index contributed by atoms with van der Waals surface area (Å²) in [5.74, 6) is -0.0390. The van der Waals surface area contributed by atoms with Crippen molar-refractivity contribution in [2.75, 3.05) is 0 Å². The molecule has 0 amide bonds. The number of ketones is 1. The number of aryl methyl sites for hydroxylation is 3. The Labute approximate surface area is 138 Å². The van der Waals surface area contributed by atoms with Crippen LogP contribution in [-0.2, 0) is 6.42 Å². The Bertz CT molecular complexity index is 646. The van der Waals surface area contributed by atoms with Gasteiger partial charge in [0.25, 0.3) is 0 Å². The molecule has 1 aromatic heterocycles. The molecular weight excluding hydrogens is 286 g/mol. The molecule has 0 aliphatic heterocycles. The third-order valence-corrected chi connectivity index (χ3v) is 4.37. The van der Waals surface area contributed by atoms with Crippen molar-refractivity contribution in [3.05, 3.63) is 46.3 Å². The van der Waals surface area contributed by atoms with Gasteiger partial charge in [0.15, 0.2) is 5.69 Å². The van der Waals surface area contributed by atoms with E-state index in [9.17, 15) is 4.79 Å². The van der Waals surface area contributed by atoms with Crippen molar-refractivity contribution < 1.29 is 4.79 Å².